The molecular weight excluding hydrogens is 396 g/mol. The van der Waals surface area contributed by atoms with Crippen molar-refractivity contribution in [2.24, 2.45) is 0 Å². The van der Waals surface area contributed by atoms with Crippen molar-refractivity contribution < 1.29 is 14.0 Å². The third-order valence-corrected chi connectivity index (χ3v) is 4.37. The molecule has 0 spiro atoms. The second kappa shape index (κ2) is 8.54. The van der Waals surface area contributed by atoms with Crippen LogP contribution in [0.2, 0.25) is 0 Å². The first kappa shape index (κ1) is 19.9. The fraction of sp³-hybridized carbons (Fsp3) is 0.0909. The van der Waals surface area contributed by atoms with Crippen LogP contribution < -0.4 is 5.32 Å². The van der Waals surface area contributed by atoms with E-state index >= 15 is 0 Å². The van der Waals surface area contributed by atoms with E-state index in [9.17, 15) is 9.59 Å². The zero-order chi connectivity index (χ0) is 21.8. The molecule has 2 heterocycles. The molecule has 1 N–H and O–H groups in total. The maximum absolute atomic E-state index is 12.2. The zero-order valence-electron chi connectivity index (χ0n) is 16.8. The molecule has 0 atom stereocenters. The SMILES string of the molecule is CN(C)C(=O)c1ccc(-c2cncc(-c3nnc(NC(=O)c4ccccc4)o3)n2)cc1. The van der Waals surface area contributed by atoms with Gasteiger partial charge in [-0.25, -0.2) is 4.98 Å². The van der Waals surface area contributed by atoms with Gasteiger partial charge in [0.2, 0.25) is 0 Å². The smallest absolute Gasteiger partial charge is 0.322 e. The Morgan fingerprint density at radius 3 is 2.29 bits per heavy atom. The lowest BCUT2D eigenvalue weighted by atomic mass is 10.1. The fourth-order valence-corrected chi connectivity index (χ4v) is 2.79. The number of nitrogens with zero attached hydrogens (tertiary/aromatic N) is 5. The Labute approximate surface area is 177 Å². The summed E-state index contributed by atoms with van der Waals surface area (Å²) in [5, 5.41) is 10.3. The molecule has 0 aliphatic rings. The van der Waals surface area contributed by atoms with Gasteiger partial charge in [0.05, 0.1) is 18.1 Å². The molecule has 4 rings (SSSR count). The van der Waals surface area contributed by atoms with Gasteiger partial charge in [-0.1, -0.05) is 35.4 Å². The number of nitrogens with one attached hydrogen (secondary N) is 1. The highest BCUT2D eigenvalue weighted by Gasteiger charge is 2.15. The molecule has 4 aromatic rings. The number of hydrogen-bond acceptors (Lipinski definition) is 7. The quantitative estimate of drug-likeness (QED) is 0.533. The highest BCUT2D eigenvalue weighted by atomic mass is 16.4. The van der Waals surface area contributed by atoms with E-state index in [1.807, 2.05) is 6.07 Å². The van der Waals surface area contributed by atoms with Crippen LogP contribution in [0.25, 0.3) is 22.8 Å². The standard InChI is InChI=1S/C22H18N6O3/c1-28(2)21(30)16-10-8-14(9-11-16)17-12-23-13-18(24-17)20-26-27-22(31-20)25-19(29)15-6-4-3-5-7-15/h3-13H,1-2H3,(H,25,27,29). The molecule has 0 aliphatic heterocycles. The second-order valence-corrected chi connectivity index (χ2v) is 6.80. The average Bonchev–Trinajstić information content (AvgIpc) is 3.28. The summed E-state index contributed by atoms with van der Waals surface area (Å²) in [5.74, 6) is -0.317. The van der Waals surface area contributed by atoms with Crippen LogP contribution in [0.15, 0.2) is 71.4 Å². The zero-order valence-corrected chi connectivity index (χ0v) is 16.8. The monoisotopic (exact) mass is 414 g/mol. The Kier molecular flexibility index (Phi) is 5.48. The van der Waals surface area contributed by atoms with E-state index in [1.165, 1.54) is 11.1 Å². The summed E-state index contributed by atoms with van der Waals surface area (Å²) in [6.45, 7) is 0. The van der Waals surface area contributed by atoms with E-state index in [2.05, 4.69) is 25.5 Å². The van der Waals surface area contributed by atoms with Crippen LogP contribution in [0.3, 0.4) is 0 Å². The van der Waals surface area contributed by atoms with Crippen molar-refractivity contribution in [1.82, 2.24) is 25.1 Å². The number of anilines is 1. The van der Waals surface area contributed by atoms with Gasteiger partial charge >= 0.3 is 6.01 Å². The molecule has 2 aromatic heterocycles. The molecule has 0 saturated heterocycles. The first-order valence-electron chi connectivity index (χ1n) is 9.35. The highest BCUT2D eigenvalue weighted by Crippen LogP contribution is 2.22. The summed E-state index contributed by atoms with van der Waals surface area (Å²) >= 11 is 0. The Bertz CT molecular complexity index is 1220. The lowest BCUT2D eigenvalue weighted by Gasteiger charge is -2.10. The molecule has 0 unspecified atom stereocenters. The maximum Gasteiger partial charge on any atom is 0.322 e. The molecule has 9 nitrogen and oxygen atoms in total. The van der Waals surface area contributed by atoms with Crippen molar-refractivity contribution in [1.29, 1.82) is 0 Å². The van der Waals surface area contributed by atoms with E-state index in [0.29, 0.717) is 22.5 Å². The molecule has 0 radical (unpaired) electrons. The Balaban J connectivity index is 1.52. The van der Waals surface area contributed by atoms with Gasteiger partial charge < -0.3 is 9.32 Å². The van der Waals surface area contributed by atoms with Crippen LogP contribution in [-0.2, 0) is 0 Å². The number of aromatic nitrogens is 4. The van der Waals surface area contributed by atoms with Gasteiger partial charge in [0.15, 0.2) is 0 Å². The summed E-state index contributed by atoms with van der Waals surface area (Å²) in [4.78, 5) is 34.5. The Morgan fingerprint density at radius 1 is 0.871 bits per heavy atom. The first-order chi connectivity index (χ1) is 15.0. The highest BCUT2D eigenvalue weighted by molar-refractivity contribution is 6.03. The first-order valence-corrected chi connectivity index (χ1v) is 9.35. The number of rotatable bonds is 5. The molecule has 0 fully saturated rings. The molecular formula is C22H18N6O3. The molecule has 0 bridgehead atoms. The van der Waals surface area contributed by atoms with E-state index in [4.69, 9.17) is 4.42 Å². The largest absolute Gasteiger partial charge is 0.401 e. The van der Waals surface area contributed by atoms with E-state index in [0.717, 1.165) is 5.56 Å². The van der Waals surface area contributed by atoms with Crippen LogP contribution >= 0.6 is 0 Å². The van der Waals surface area contributed by atoms with Crippen LogP contribution in [0.1, 0.15) is 20.7 Å². The summed E-state index contributed by atoms with van der Waals surface area (Å²) in [6, 6.07) is 15.7. The molecule has 0 aliphatic carbocycles. The minimum Gasteiger partial charge on any atom is -0.401 e. The molecule has 31 heavy (non-hydrogen) atoms. The minimum absolute atomic E-state index is 0.0393. The van der Waals surface area contributed by atoms with Crippen molar-refractivity contribution >= 4 is 17.8 Å². The van der Waals surface area contributed by atoms with Gasteiger partial charge in [-0.15, -0.1) is 5.10 Å². The summed E-state index contributed by atoms with van der Waals surface area (Å²) in [6.07, 6.45) is 3.09. The summed E-state index contributed by atoms with van der Waals surface area (Å²) in [5.41, 5.74) is 2.77. The lowest BCUT2D eigenvalue weighted by Crippen LogP contribution is -2.21. The second-order valence-electron chi connectivity index (χ2n) is 6.80. The predicted octanol–water partition coefficient (Wildman–Crippen LogP) is 3.15. The van der Waals surface area contributed by atoms with Gasteiger partial charge in [-0.05, 0) is 24.3 Å². The molecule has 0 saturated carbocycles. The number of benzene rings is 2. The van der Waals surface area contributed by atoms with Crippen LogP contribution in [-0.4, -0.2) is 51.0 Å². The predicted molar refractivity (Wildman–Crippen MR) is 113 cm³/mol. The topological polar surface area (TPSA) is 114 Å². The van der Waals surface area contributed by atoms with Crippen LogP contribution in [0.5, 0.6) is 0 Å². The van der Waals surface area contributed by atoms with Crippen molar-refractivity contribution in [2.75, 3.05) is 19.4 Å². The Morgan fingerprint density at radius 2 is 1.58 bits per heavy atom. The van der Waals surface area contributed by atoms with E-state index in [-0.39, 0.29) is 23.7 Å². The molecule has 2 aromatic carbocycles. The van der Waals surface area contributed by atoms with Crippen molar-refractivity contribution in [2.45, 2.75) is 0 Å². The molecule has 2 amide bonds. The van der Waals surface area contributed by atoms with Gasteiger partial charge in [0.25, 0.3) is 17.7 Å². The van der Waals surface area contributed by atoms with Gasteiger partial charge in [0.1, 0.15) is 5.69 Å². The minimum atomic E-state index is -0.358. The van der Waals surface area contributed by atoms with E-state index in [1.54, 1.807) is 68.8 Å². The Hall–Kier alpha value is -4.40. The maximum atomic E-state index is 12.2. The third-order valence-electron chi connectivity index (χ3n) is 4.37. The number of amides is 2. The lowest BCUT2D eigenvalue weighted by molar-refractivity contribution is 0.0827. The fourth-order valence-electron chi connectivity index (χ4n) is 2.79. The average molecular weight is 414 g/mol. The van der Waals surface area contributed by atoms with Crippen molar-refractivity contribution in [3.8, 4) is 22.8 Å². The molecule has 9 heteroatoms. The third kappa shape index (κ3) is 4.45. The summed E-state index contributed by atoms with van der Waals surface area (Å²) < 4.78 is 5.52. The van der Waals surface area contributed by atoms with Gasteiger partial charge in [0, 0.05) is 30.8 Å². The summed E-state index contributed by atoms with van der Waals surface area (Å²) in [7, 11) is 3.40. The van der Waals surface area contributed by atoms with Crippen molar-refractivity contribution in [3.63, 3.8) is 0 Å². The van der Waals surface area contributed by atoms with E-state index < -0.39 is 0 Å². The van der Waals surface area contributed by atoms with Crippen molar-refractivity contribution in [3.05, 3.63) is 78.1 Å². The molecule has 154 valence electrons. The number of carbonyl (C=O) groups is 2. The van der Waals surface area contributed by atoms with Crippen LogP contribution in [0, 0.1) is 0 Å². The number of carbonyl (C=O) groups excluding carboxylic acids is 2. The normalized spacial score (nSPS) is 10.5. The number of hydrogen-bond donors (Lipinski definition) is 1. The van der Waals surface area contributed by atoms with Gasteiger partial charge in [-0.2, -0.15) is 0 Å². The van der Waals surface area contributed by atoms with Gasteiger partial charge in [-0.3, -0.25) is 19.9 Å². The van der Waals surface area contributed by atoms with Crippen LogP contribution in [0.4, 0.5) is 6.01 Å².